The van der Waals surface area contributed by atoms with Gasteiger partial charge in [-0.25, -0.2) is 8.78 Å². The predicted octanol–water partition coefficient (Wildman–Crippen LogP) is 5.00. The van der Waals surface area contributed by atoms with Crippen LogP contribution in [-0.4, -0.2) is 41.6 Å². The van der Waals surface area contributed by atoms with Crippen LogP contribution in [-0.2, 0) is 20.7 Å². The van der Waals surface area contributed by atoms with Crippen LogP contribution in [0.15, 0.2) is 60.4 Å². The number of hydrogen-bond donors (Lipinski definition) is 1. The molecule has 1 aliphatic heterocycles. The fourth-order valence-corrected chi connectivity index (χ4v) is 3.36. The molecule has 0 fully saturated rings. The van der Waals surface area contributed by atoms with E-state index in [4.69, 9.17) is 4.74 Å². The molecule has 1 heterocycles. The molecule has 0 atom stereocenters. The van der Waals surface area contributed by atoms with E-state index in [0.29, 0.717) is 0 Å². The number of allylic oxidation sites excluding steroid dienone is 1. The summed E-state index contributed by atoms with van der Waals surface area (Å²) in [6.07, 6.45) is -8.62. The van der Waals surface area contributed by atoms with Gasteiger partial charge in [0.2, 0.25) is 5.91 Å². The molecular weight excluding hydrogens is 447 g/mol. The quantitative estimate of drug-likeness (QED) is 0.607. The first kappa shape index (κ1) is 24.2. The Balaban J connectivity index is 1.86. The topological polar surface area (TPSA) is 58.6 Å². The van der Waals surface area contributed by atoms with Gasteiger partial charge in [0.1, 0.15) is 5.54 Å². The van der Waals surface area contributed by atoms with Crippen molar-refractivity contribution in [3.8, 4) is 0 Å². The number of alkyl halides is 5. The van der Waals surface area contributed by atoms with Crippen LogP contribution in [0.4, 0.5) is 27.6 Å². The first-order valence-electron chi connectivity index (χ1n) is 9.90. The molecule has 0 saturated carbocycles. The van der Waals surface area contributed by atoms with Gasteiger partial charge in [0.25, 0.3) is 12.3 Å². The van der Waals surface area contributed by atoms with E-state index in [9.17, 15) is 31.5 Å². The van der Waals surface area contributed by atoms with Crippen LogP contribution < -0.4 is 5.32 Å². The summed E-state index contributed by atoms with van der Waals surface area (Å²) in [7, 11) is 0. The summed E-state index contributed by atoms with van der Waals surface area (Å²) in [6.45, 7) is 2.18. The summed E-state index contributed by atoms with van der Waals surface area (Å²) in [5, 5.41) is 2.49. The number of amides is 2. The van der Waals surface area contributed by atoms with Crippen LogP contribution in [0.25, 0.3) is 5.57 Å². The smallest absolute Gasteiger partial charge is 0.393 e. The largest absolute Gasteiger partial charge is 0.470 e. The number of carbonyl (C=O) groups is 2. The van der Waals surface area contributed by atoms with Crippen molar-refractivity contribution in [3.05, 3.63) is 71.5 Å². The van der Waals surface area contributed by atoms with Gasteiger partial charge >= 0.3 is 6.18 Å². The van der Waals surface area contributed by atoms with Gasteiger partial charge in [0.05, 0.1) is 12.0 Å². The monoisotopic (exact) mass is 468 g/mol. The minimum atomic E-state index is -4.41. The summed E-state index contributed by atoms with van der Waals surface area (Å²) in [6, 6.07) is 13.0. The Morgan fingerprint density at radius 1 is 1.09 bits per heavy atom. The average Bonchev–Trinajstić information content (AvgIpc) is 2.72. The van der Waals surface area contributed by atoms with Gasteiger partial charge in [-0.2, -0.15) is 13.2 Å². The van der Waals surface area contributed by atoms with E-state index in [1.165, 1.54) is 50.2 Å². The average molecular weight is 468 g/mol. The predicted molar refractivity (Wildman–Crippen MR) is 111 cm³/mol. The second kappa shape index (κ2) is 9.21. The minimum Gasteiger partial charge on any atom is -0.470 e. The molecule has 2 aromatic rings. The highest BCUT2D eigenvalue weighted by atomic mass is 19.4. The zero-order chi connectivity index (χ0) is 24.4. The van der Waals surface area contributed by atoms with Crippen LogP contribution in [0.5, 0.6) is 0 Å². The van der Waals surface area contributed by atoms with Gasteiger partial charge in [0, 0.05) is 5.69 Å². The zero-order valence-corrected chi connectivity index (χ0v) is 17.7. The molecule has 33 heavy (non-hydrogen) atoms. The molecule has 176 valence electrons. The normalized spacial score (nSPS) is 15.0. The lowest BCUT2D eigenvalue weighted by atomic mass is 9.96. The lowest BCUT2D eigenvalue weighted by Crippen LogP contribution is -2.57. The van der Waals surface area contributed by atoms with Crippen LogP contribution in [0.3, 0.4) is 0 Å². The van der Waals surface area contributed by atoms with E-state index in [-0.39, 0.29) is 22.4 Å². The third-order valence-corrected chi connectivity index (χ3v) is 5.14. The van der Waals surface area contributed by atoms with Gasteiger partial charge in [-0.3, -0.25) is 14.5 Å². The zero-order valence-electron chi connectivity index (χ0n) is 17.7. The highest BCUT2D eigenvalue weighted by Crippen LogP contribution is 2.34. The van der Waals surface area contributed by atoms with Gasteiger partial charge in [-0.05, 0) is 37.1 Å². The van der Waals surface area contributed by atoms with E-state index >= 15 is 0 Å². The van der Waals surface area contributed by atoms with Crippen LogP contribution in [0.1, 0.15) is 25.0 Å². The minimum absolute atomic E-state index is 0.0497. The molecular formula is C23H21F5N2O3. The lowest BCUT2D eigenvalue weighted by Gasteiger charge is -2.40. The summed E-state index contributed by atoms with van der Waals surface area (Å²) in [5.41, 5.74) is -1.67. The van der Waals surface area contributed by atoms with Crippen molar-refractivity contribution in [1.82, 2.24) is 4.90 Å². The number of hydrogen-bond acceptors (Lipinski definition) is 3. The SMILES string of the molecule is CC(C)(C(=O)Nc1cccc(CC(F)(F)F)c1)N1COC(C(F)F)=C(c2ccccc2)C1=O. The van der Waals surface area contributed by atoms with Crippen LogP contribution in [0, 0.1) is 0 Å². The van der Waals surface area contributed by atoms with E-state index in [1.807, 2.05) is 0 Å². The molecule has 10 heteroatoms. The third-order valence-electron chi connectivity index (χ3n) is 5.14. The Hall–Kier alpha value is -3.43. The van der Waals surface area contributed by atoms with Gasteiger partial charge in [-0.1, -0.05) is 42.5 Å². The van der Waals surface area contributed by atoms with Crippen molar-refractivity contribution in [1.29, 1.82) is 0 Å². The fourth-order valence-electron chi connectivity index (χ4n) is 3.36. The molecule has 2 aromatic carbocycles. The highest BCUT2D eigenvalue weighted by Gasteiger charge is 2.44. The number of ether oxygens (including phenoxy) is 1. The Kier molecular flexibility index (Phi) is 6.76. The van der Waals surface area contributed by atoms with Gasteiger partial charge in [-0.15, -0.1) is 0 Å². The number of benzene rings is 2. The third kappa shape index (κ3) is 5.50. The van der Waals surface area contributed by atoms with Crippen molar-refractivity contribution in [3.63, 3.8) is 0 Å². The molecule has 0 aliphatic carbocycles. The van der Waals surface area contributed by atoms with Crippen LogP contribution >= 0.6 is 0 Å². The van der Waals surface area contributed by atoms with E-state index in [2.05, 4.69) is 5.32 Å². The summed E-state index contributed by atoms with van der Waals surface area (Å²) >= 11 is 0. The Morgan fingerprint density at radius 2 is 1.76 bits per heavy atom. The molecule has 0 radical (unpaired) electrons. The fraction of sp³-hybridized carbons (Fsp3) is 0.304. The number of carbonyl (C=O) groups excluding carboxylic acids is 2. The molecule has 0 spiro atoms. The van der Waals surface area contributed by atoms with E-state index < -0.39 is 48.9 Å². The highest BCUT2D eigenvalue weighted by molar-refractivity contribution is 6.22. The first-order valence-corrected chi connectivity index (χ1v) is 9.90. The molecule has 1 aliphatic rings. The number of nitrogens with zero attached hydrogens (tertiary/aromatic N) is 1. The maximum absolute atomic E-state index is 13.5. The summed E-state index contributed by atoms with van der Waals surface area (Å²) in [4.78, 5) is 27.2. The second-order valence-electron chi connectivity index (χ2n) is 7.92. The molecule has 0 unspecified atom stereocenters. The maximum Gasteiger partial charge on any atom is 0.393 e. The van der Waals surface area contributed by atoms with Crippen molar-refractivity contribution >= 4 is 23.1 Å². The van der Waals surface area contributed by atoms with Crippen molar-refractivity contribution in [2.75, 3.05) is 12.0 Å². The molecule has 1 N–H and O–H groups in total. The summed E-state index contributed by atoms with van der Waals surface area (Å²) < 4.78 is 70.3. The van der Waals surface area contributed by atoms with E-state index in [0.717, 1.165) is 4.90 Å². The van der Waals surface area contributed by atoms with Crippen molar-refractivity contribution in [2.24, 2.45) is 0 Å². The Labute approximate surface area is 186 Å². The molecule has 0 aromatic heterocycles. The lowest BCUT2D eigenvalue weighted by molar-refractivity contribution is -0.148. The molecule has 3 rings (SSSR count). The van der Waals surface area contributed by atoms with Crippen LogP contribution in [0.2, 0.25) is 0 Å². The van der Waals surface area contributed by atoms with Gasteiger partial charge in [0.15, 0.2) is 12.5 Å². The number of anilines is 1. The Morgan fingerprint density at radius 3 is 2.36 bits per heavy atom. The maximum atomic E-state index is 13.5. The van der Waals surface area contributed by atoms with E-state index in [1.54, 1.807) is 18.2 Å². The van der Waals surface area contributed by atoms with Gasteiger partial charge < -0.3 is 10.1 Å². The first-order chi connectivity index (χ1) is 15.4. The number of nitrogens with one attached hydrogen (secondary N) is 1. The Bertz CT molecular complexity index is 1070. The molecule has 2 amide bonds. The number of rotatable bonds is 6. The molecule has 0 saturated heterocycles. The number of halogens is 5. The summed E-state index contributed by atoms with van der Waals surface area (Å²) in [5.74, 6) is -2.33. The van der Waals surface area contributed by atoms with Crippen molar-refractivity contribution < 1.29 is 36.3 Å². The molecule has 5 nitrogen and oxygen atoms in total. The molecule has 0 bridgehead atoms. The van der Waals surface area contributed by atoms with Crippen molar-refractivity contribution in [2.45, 2.75) is 38.4 Å². The second-order valence-corrected chi connectivity index (χ2v) is 7.92. The standard InChI is InChI=1S/C23H21F5N2O3/c1-22(2,21(32)29-16-10-6-7-14(11-16)12-23(26,27)28)30-13-33-18(19(24)25)17(20(30)31)15-8-4-3-5-9-15/h3-11,19H,12-13H2,1-2H3,(H,29,32).